The lowest BCUT2D eigenvalue weighted by molar-refractivity contribution is -0.132. The van der Waals surface area contributed by atoms with Gasteiger partial charge in [-0.3, -0.25) is 14.5 Å². The lowest BCUT2D eigenvalue weighted by Gasteiger charge is -2.34. The van der Waals surface area contributed by atoms with E-state index < -0.39 is 22.0 Å². The Morgan fingerprint density at radius 3 is 2.71 bits per heavy atom. The molecule has 0 bridgehead atoms. The Bertz CT molecular complexity index is 1570. The first kappa shape index (κ1) is 28.6. The smallest absolute Gasteiger partial charge is 0.253 e. The Balaban J connectivity index is 1.16. The Hall–Kier alpha value is -2.50. The van der Waals surface area contributed by atoms with Gasteiger partial charge in [0.05, 0.1) is 12.5 Å². The normalized spacial score (nSPS) is 22.3. The van der Waals surface area contributed by atoms with E-state index in [4.69, 9.17) is 11.6 Å². The summed E-state index contributed by atoms with van der Waals surface area (Å²) < 4.78 is 29.5. The van der Waals surface area contributed by atoms with Gasteiger partial charge in [-0.1, -0.05) is 36.2 Å². The number of benzene rings is 2. The number of halogens is 1. The molecule has 8 nitrogen and oxygen atoms in total. The molecule has 3 aromatic rings. The number of nitrogens with one attached hydrogen (secondary N) is 2. The first-order chi connectivity index (χ1) is 19.8. The van der Waals surface area contributed by atoms with Crippen molar-refractivity contribution in [3.63, 3.8) is 0 Å². The highest BCUT2D eigenvalue weighted by molar-refractivity contribution is 7.91. The summed E-state index contributed by atoms with van der Waals surface area (Å²) in [6.07, 6.45) is 6.35. The number of amides is 2. The lowest BCUT2D eigenvalue weighted by atomic mass is 9.86. The molecule has 2 fully saturated rings. The van der Waals surface area contributed by atoms with Crippen LogP contribution in [0.3, 0.4) is 0 Å². The van der Waals surface area contributed by atoms with Crippen LogP contribution in [-0.4, -0.2) is 61.7 Å². The molecule has 6 rings (SSSR count). The maximum Gasteiger partial charge on any atom is 0.253 e. The van der Waals surface area contributed by atoms with Gasteiger partial charge in [0.25, 0.3) is 10.0 Å². The highest BCUT2D eigenvalue weighted by Crippen LogP contribution is 2.35. The van der Waals surface area contributed by atoms with Crippen molar-refractivity contribution in [2.45, 2.75) is 67.8 Å². The fraction of sp³-hybridized carbons (Fsp3) is 0.467. The molecule has 2 saturated heterocycles. The minimum absolute atomic E-state index is 0.104. The first-order valence-electron chi connectivity index (χ1n) is 14.4. The molecule has 2 aliphatic heterocycles. The Morgan fingerprint density at radius 1 is 1.05 bits per heavy atom. The van der Waals surface area contributed by atoms with Crippen LogP contribution in [0.2, 0.25) is 5.02 Å². The minimum Gasteiger partial charge on any atom is -0.353 e. The number of piperazine rings is 1. The third-order valence-electron chi connectivity index (χ3n) is 8.39. The van der Waals surface area contributed by atoms with Gasteiger partial charge < -0.3 is 10.6 Å². The summed E-state index contributed by atoms with van der Waals surface area (Å²) in [4.78, 5) is 28.7. The molecule has 218 valence electrons. The number of hydrogen-bond donors (Lipinski definition) is 2. The van der Waals surface area contributed by atoms with Gasteiger partial charge in [0.2, 0.25) is 11.8 Å². The number of fused-ring (bicyclic) bond motifs is 2. The molecule has 0 spiro atoms. The summed E-state index contributed by atoms with van der Waals surface area (Å²) in [5.74, 6) is -0.781. The van der Waals surface area contributed by atoms with E-state index in [2.05, 4.69) is 33.7 Å². The Morgan fingerprint density at radius 2 is 1.88 bits per heavy atom. The van der Waals surface area contributed by atoms with E-state index in [9.17, 15) is 18.0 Å². The van der Waals surface area contributed by atoms with Gasteiger partial charge in [-0.15, -0.1) is 11.3 Å². The zero-order chi connectivity index (χ0) is 28.6. The Labute approximate surface area is 250 Å². The monoisotopic (exact) mass is 614 g/mol. The number of carbonyl (C=O) groups is 2. The molecule has 2 aromatic carbocycles. The van der Waals surface area contributed by atoms with Gasteiger partial charge in [0, 0.05) is 29.4 Å². The van der Waals surface area contributed by atoms with E-state index in [0.29, 0.717) is 5.02 Å². The molecule has 41 heavy (non-hydrogen) atoms. The predicted octanol–water partition coefficient (Wildman–Crippen LogP) is 4.61. The highest BCUT2D eigenvalue weighted by atomic mass is 35.5. The van der Waals surface area contributed by atoms with E-state index in [1.54, 1.807) is 24.3 Å². The maximum atomic E-state index is 13.7. The number of rotatable bonds is 7. The molecule has 1 aliphatic carbocycles. The fourth-order valence-electron chi connectivity index (χ4n) is 6.33. The fourth-order valence-corrected chi connectivity index (χ4v) is 9.61. The van der Waals surface area contributed by atoms with E-state index in [0.717, 1.165) is 65.9 Å². The predicted molar refractivity (Wildman–Crippen MR) is 162 cm³/mol. The molecule has 0 unspecified atom stereocenters. The van der Waals surface area contributed by atoms with Crippen LogP contribution in [0.1, 0.15) is 61.3 Å². The lowest BCUT2D eigenvalue weighted by Crippen LogP contribution is -2.58. The molecule has 0 radical (unpaired) electrons. The van der Waals surface area contributed by atoms with Gasteiger partial charge in [-0.05, 0) is 91.5 Å². The second-order valence-electron chi connectivity index (χ2n) is 11.3. The summed E-state index contributed by atoms with van der Waals surface area (Å²) in [6, 6.07) is 12.1. The van der Waals surface area contributed by atoms with E-state index in [1.165, 1.54) is 34.7 Å². The summed E-state index contributed by atoms with van der Waals surface area (Å²) in [5.41, 5.74) is 3.69. The van der Waals surface area contributed by atoms with Crippen LogP contribution in [0.5, 0.6) is 0 Å². The third kappa shape index (κ3) is 6.17. The average Bonchev–Trinajstić information content (AvgIpc) is 3.39. The maximum absolute atomic E-state index is 13.7. The van der Waals surface area contributed by atoms with Crippen LogP contribution < -0.4 is 10.6 Å². The van der Waals surface area contributed by atoms with Gasteiger partial charge in [0.15, 0.2) is 0 Å². The largest absolute Gasteiger partial charge is 0.353 e. The van der Waals surface area contributed by atoms with Crippen LogP contribution in [-0.2, 0) is 32.6 Å². The number of sulfonamides is 1. The van der Waals surface area contributed by atoms with Gasteiger partial charge in [-0.2, -0.15) is 4.31 Å². The van der Waals surface area contributed by atoms with Crippen molar-refractivity contribution in [1.29, 1.82) is 0 Å². The van der Waals surface area contributed by atoms with Crippen molar-refractivity contribution < 1.29 is 18.0 Å². The van der Waals surface area contributed by atoms with E-state index in [-0.39, 0.29) is 35.7 Å². The van der Waals surface area contributed by atoms with Gasteiger partial charge >= 0.3 is 0 Å². The summed E-state index contributed by atoms with van der Waals surface area (Å²) in [6.45, 7) is 3.55. The second kappa shape index (κ2) is 12.0. The van der Waals surface area contributed by atoms with Crippen molar-refractivity contribution in [1.82, 2.24) is 19.8 Å². The van der Waals surface area contributed by atoms with Crippen LogP contribution in [0.25, 0.3) is 10.1 Å². The first-order valence-corrected chi connectivity index (χ1v) is 17.0. The van der Waals surface area contributed by atoms with Crippen LogP contribution in [0.15, 0.2) is 46.7 Å². The number of aryl methyl sites for hydroxylation is 1. The molecule has 2 N–H and O–H groups in total. The quantitative estimate of drug-likeness (QED) is 0.405. The topological polar surface area (TPSA) is 98.8 Å². The summed E-state index contributed by atoms with van der Waals surface area (Å²) >= 11 is 7.23. The second-order valence-corrected chi connectivity index (χ2v) is 14.9. The van der Waals surface area contributed by atoms with E-state index in [1.807, 2.05) is 0 Å². The Kier molecular flexibility index (Phi) is 8.38. The van der Waals surface area contributed by atoms with Crippen molar-refractivity contribution in [2.24, 2.45) is 0 Å². The molecule has 2 atom stereocenters. The molecular formula is C30H35ClN4O4S2. The summed E-state index contributed by atoms with van der Waals surface area (Å²) in [7, 11) is -4.00. The van der Waals surface area contributed by atoms with Gasteiger partial charge in [0.1, 0.15) is 10.3 Å². The number of carbonyl (C=O) groups excluding carboxylic acids is 2. The van der Waals surface area contributed by atoms with Gasteiger partial charge in [-0.25, -0.2) is 8.42 Å². The number of thiophene rings is 1. The zero-order valence-electron chi connectivity index (χ0n) is 22.9. The zero-order valence-corrected chi connectivity index (χ0v) is 25.3. The third-order valence-corrected chi connectivity index (χ3v) is 12.1. The number of nitrogens with zero attached hydrogens (tertiary/aromatic N) is 2. The van der Waals surface area contributed by atoms with Crippen LogP contribution in [0, 0.1) is 0 Å². The van der Waals surface area contributed by atoms with Crippen molar-refractivity contribution in [3.05, 3.63) is 64.2 Å². The van der Waals surface area contributed by atoms with Crippen LogP contribution in [0.4, 0.5) is 0 Å². The molecular weight excluding hydrogens is 580 g/mol. The standard InChI is InChI=1S/C30H35ClN4O4S2/c31-23-8-10-27-22(16-23)17-29(40-27)41(38,39)35-14-11-32-30(37)26(35)18-28(36)33-25-6-4-5-21-15-20(7-9-24(21)25)19-34-12-2-1-3-13-34/h7-10,15-17,25-26H,1-6,11-14,18-19H2,(H,32,37)(H,33,36)/t25-,26-/m1/s1. The molecule has 2 amide bonds. The molecule has 3 aliphatic rings. The number of hydrogen-bond acceptors (Lipinski definition) is 6. The van der Waals surface area contributed by atoms with E-state index >= 15 is 0 Å². The summed E-state index contributed by atoms with van der Waals surface area (Å²) in [5, 5.41) is 7.11. The van der Waals surface area contributed by atoms with Crippen molar-refractivity contribution in [3.8, 4) is 0 Å². The van der Waals surface area contributed by atoms with Crippen LogP contribution >= 0.6 is 22.9 Å². The van der Waals surface area contributed by atoms with Crippen molar-refractivity contribution in [2.75, 3.05) is 26.2 Å². The molecule has 0 saturated carbocycles. The van der Waals surface area contributed by atoms with Crippen molar-refractivity contribution >= 4 is 54.9 Å². The minimum atomic E-state index is -4.00. The SMILES string of the molecule is O=C(C[C@@H]1C(=O)NCCN1S(=O)(=O)c1cc2cc(Cl)ccc2s1)N[C@@H]1CCCc2cc(CN3CCCCC3)ccc21. The average molecular weight is 615 g/mol. The molecule has 11 heteroatoms. The highest BCUT2D eigenvalue weighted by Gasteiger charge is 2.40. The number of likely N-dealkylation sites (tertiary alicyclic amines) is 1. The molecule has 3 heterocycles. The number of piperidine rings is 1. The molecule has 1 aromatic heterocycles.